The molecule has 2 N–H and O–H groups in total. The highest BCUT2D eigenvalue weighted by molar-refractivity contribution is 6.32. The molecule has 0 spiro atoms. The number of hydrogen-bond donors (Lipinski definition) is 2. The van der Waals surface area contributed by atoms with E-state index < -0.39 is 18.1 Å². The average molecular weight is 308 g/mol. The average Bonchev–Trinajstić information content (AvgIpc) is 2.40. The summed E-state index contributed by atoms with van der Waals surface area (Å²) in [5.74, 6) is -1.38. The Morgan fingerprint density at radius 1 is 1.25 bits per heavy atom. The van der Waals surface area contributed by atoms with E-state index in [1.807, 2.05) is 0 Å². The van der Waals surface area contributed by atoms with Crippen molar-refractivity contribution >= 4 is 11.6 Å². The van der Waals surface area contributed by atoms with Crippen molar-refractivity contribution in [1.29, 1.82) is 0 Å². The first-order chi connectivity index (χ1) is 9.39. The van der Waals surface area contributed by atoms with Gasteiger partial charge in [-0.3, -0.25) is 0 Å². The van der Waals surface area contributed by atoms with Crippen LogP contribution in [-0.4, -0.2) is 17.3 Å². The molecular formula is C14H17ClF3NO. The third-order valence-electron chi connectivity index (χ3n) is 3.81. The molecule has 0 saturated heterocycles. The van der Waals surface area contributed by atoms with Crippen LogP contribution in [0.5, 0.6) is 5.75 Å². The molecule has 2 atom stereocenters. The van der Waals surface area contributed by atoms with E-state index in [-0.39, 0.29) is 23.7 Å². The summed E-state index contributed by atoms with van der Waals surface area (Å²) in [6, 6.07) is 4.27. The molecule has 1 aromatic carbocycles. The van der Waals surface area contributed by atoms with Crippen molar-refractivity contribution in [2.45, 2.75) is 44.4 Å². The van der Waals surface area contributed by atoms with Crippen molar-refractivity contribution in [3.05, 3.63) is 28.8 Å². The lowest BCUT2D eigenvalue weighted by atomic mass is 9.84. The maximum atomic E-state index is 13.0. The lowest BCUT2D eigenvalue weighted by molar-refractivity contribution is -0.189. The third-order valence-corrected chi connectivity index (χ3v) is 4.12. The van der Waals surface area contributed by atoms with Gasteiger partial charge in [0, 0.05) is 18.2 Å². The molecule has 0 amide bonds. The van der Waals surface area contributed by atoms with Gasteiger partial charge < -0.3 is 10.4 Å². The van der Waals surface area contributed by atoms with E-state index in [2.05, 4.69) is 5.32 Å². The fourth-order valence-electron chi connectivity index (χ4n) is 2.71. The third kappa shape index (κ3) is 3.58. The highest BCUT2D eigenvalue weighted by Crippen LogP contribution is 2.38. The van der Waals surface area contributed by atoms with Crippen molar-refractivity contribution in [3.63, 3.8) is 0 Å². The van der Waals surface area contributed by atoms with Crippen molar-refractivity contribution in [3.8, 4) is 5.75 Å². The monoisotopic (exact) mass is 307 g/mol. The molecule has 1 aliphatic carbocycles. The van der Waals surface area contributed by atoms with Crippen LogP contribution in [0.4, 0.5) is 13.2 Å². The standard InChI is InChI=1S/C14H17ClF3NO/c15-11-6-3-4-9(13(11)20)8-19-12-7-2-1-5-10(12)14(16,17)18/h3-4,6,10,12,19-20H,1-2,5,7-8H2. The zero-order valence-electron chi connectivity index (χ0n) is 10.9. The Morgan fingerprint density at radius 2 is 1.95 bits per heavy atom. The normalized spacial score (nSPS) is 23.8. The van der Waals surface area contributed by atoms with Crippen LogP contribution in [0.1, 0.15) is 31.2 Å². The first-order valence-corrected chi connectivity index (χ1v) is 7.04. The van der Waals surface area contributed by atoms with E-state index in [0.29, 0.717) is 18.4 Å². The molecule has 0 aromatic heterocycles. The molecule has 1 aliphatic rings. The first kappa shape index (κ1) is 15.4. The Bertz CT molecular complexity index is 464. The van der Waals surface area contributed by atoms with E-state index in [1.54, 1.807) is 18.2 Å². The minimum absolute atomic E-state index is 0.0685. The molecule has 2 unspecified atom stereocenters. The van der Waals surface area contributed by atoms with Crippen LogP contribution in [0.25, 0.3) is 0 Å². The second-order valence-corrected chi connectivity index (χ2v) is 5.57. The number of rotatable bonds is 3. The van der Waals surface area contributed by atoms with Gasteiger partial charge in [-0.05, 0) is 18.9 Å². The molecule has 2 rings (SSSR count). The Morgan fingerprint density at radius 3 is 2.65 bits per heavy atom. The summed E-state index contributed by atoms with van der Waals surface area (Å²) in [6.45, 7) is 0.184. The fraction of sp³-hybridized carbons (Fsp3) is 0.571. The maximum absolute atomic E-state index is 13.0. The number of nitrogens with one attached hydrogen (secondary N) is 1. The summed E-state index contributed by atoms with van der Waals surface area (Å²) in [4.78, 5) is 0. The number of hydrogen-bond acceptors (Lipinski definition) is 2. The van der Waals surface area contributed by atoms with E-state index in [9.17, 15) is 18.3 Å². The van der Waals surface area contributed by atoms with Crippen LogP contribution >= 0.6 is 11.6 Å². The molecule has 0 bridgehead atoms. The van der Waals surface area contributed by atoms with E-state index in [1.165, 1.54) is 0 Å². The highest BCUT2D eigenvalue weighted by atomic mass is 35.5. The summed E-state index contributed by atoms with van der Waals surface area (Å²) in [5, 5.41) is 12.9. The van der Waals surface area contributed by atoms with E-state index in [0.717, 1.165) is 6.42 Å². The number of phenols is 1. The highest BCUT2D eigenvalue weighted by Gasteiger charge is 2.45. The van der Waals surface area contributed by atoms with Gasteiger partial charge in [-0.1, -0.05) is 36.6 Å². The Kier molecular flexibility index (Phi) is 4.81. The first-order valence-electron chi connectivity index (χ1n) is 6.66. The summed E-state index contributed by atoms with van der Waals surface area (Å²) in [7, 11) is 0. The molecule has 2 nitrogen and oxygen atoms in total. The van der Waals surface area contributed by atoms with Gasteiger partial charge in [0.25, 0.3) is 0 Å². The molecule has 6 heteroatoms. The number of aromatic hydroxyl groups is 1. The lowest BCUT2D eigenvalue weighted by Crippen LogP contribution is -2.45. The van der Waals surface area contributed by atoms with Gasteiger partial charge in [-0.25, -0.2) is 0 Å². The van der Waals surface area contributed by atoms with Crippen LogP contribution in [0.15, 0.2) is 18.2 Å². The van der Waals surface area contributed by atoms with Crippen LogP contribution < -0.4 is 5.32 Å². The van der Waals surface area contributed by atoms with Gasteiger partial charge in [0.15, 0.2) is 0 Å². The molecular weight excluding hydrogens is 291 g/mol. The maximum Gasteiger partial charge on any atom is 0.393 e. The smallest absolute Gasteiger partial charge is 0.393 e. The second kappa shape index (κ2) is 6.22. The van der Waals surface area contributed by atoms with Crippen LogP contribution in [-0.2, 0) is 6.54 Å². The molecule has 1 aromatic rings. The molecule has 20 heavy (non-hydrogen) atoms. The Hall–Kier alpha value is -0.940. The number of benzene rings is 1. The largest absolute Gasteiger partial charge is 0.506 e. The van der Waals surface area contributed by atoms with Crippen LogP contribution in [0, 0.1) is 5.92 Å². The molecule has 112 valence electrons. The van der Waals surface area contributed by atoms with Crippen molar-refractivity contribution in [2.75, 3.05) is 0 Å². The van der Waals surface area contributed by atoms with Gasteiger partial charge in [0.1, 0.15) is 5.75 Å². The van der Waals surface area contributed by atoms with E-state index >= 15 is 0 Å². The van der Waals surface area contributed by atoms with Crippen LogP contribution in [0.3, 0.4) is 0 Å². The van der Waals surface area contributed by atoms with Crippen molar-refractivity contribution < 1.29 is 18.3 Å². The molecule has 1 fully saturated rings. The van der Waals surface area contributed by atoms with Crippen molar-refractivity contribution in [1.82, 2.24) is 5.32 Å². The SMILES string of the molecule is Oc1c(Cl)cccc1CNC1CCCCC1C(F)(F)F. The minimum atomic E-state index is -4.17. The fourth-order valence-corrected chi connectivity index (χ4v) is 2.90. The van der Waals surface area contributed by atoms with Gasteiger partial charge in [-0.2, -0.15) is 13.2 Å². The summed E-state index contributed by atoms with van der Waals surface area (Å²) in [5.41, 5.74) is 0.518. The van der Waals surface area contributed by atoms with Crippen molar-refractivity contribution in [2.24, 2.45) is 5.92 Å². The van der Waals surface area contributed by atoms with Gasteiger partial charge in [-0.15, -0.1) is 0 Å². The molecule has 0 radical (unpaired) electrons. The summed E-state index contributed by atoms with van der Waals surface area (Å²) < 4.78 is 38.9. The van der Waals surface area contributed by atoms with Crippen LogP contribution in [0.2, 0.25) is 5.02 Å². The number of phenolic OH excluding ortho intramolecular Hbond substituents is 1. The zero-order valence-corrected chi connectivity index (χ0v) is 11.6. The number of halogens is 4. The summed E-state index contributed by atoms with van der Waals surface area (Å²) >= 11 is 5.78. The predicted octanol–water partition coefficient (Wildman–Crippen LogP) is 4.26. The van der Waals surface area contributed by atoms with E-state index in [4.69, 9.17) is 11.6 Å². The Balaban J connectivity index is 2.03. The number of para-hydroxylation sites is 1. The Labute approximate surface area is 120 Å². The minimum Gasteiger partial charge on any atom is -0.506 e. The lowest BCUT2D eigenvalue weighted by Gasteiger charge is -2.33. The topological polar surface area (TPSA) is 32.3 Å². The molecule has 0 aliphatic heterocycles. The molecule has 1 saturated carbocycles. The number of alkyl halides is 3. The van der Waals surface area contributed by atoms with Gasteiger partial charge in [0.05, 0.1) is 10.9 Å². The predicted molar refractivity (Wildman–Crippen MR) is 71.8 cm³/mol. The van der Waals surface area contributed by atoms with Gasteiger partial charge in [0.2, 0.25) is 0 Å². The molecule has 0 heterocycles. The summed E-state index contributed by atoms with van der Waals surface area (Å²) in [6.07, 6.45) is -2.08. The second-order valence-electron chi connectivity index (χ2n) is 5.17. The van der Waals surface area contributed by atoms with Gasteiger partial charge >= 0.3 is 6.18 Å². The quantitative estimate of drug-likeness (QED) is 0.874. The zero-order chi connectivity index (χ0) is 14.8.